The first-order valence-corrected chi connectivity index (χ1v) is 7.07. The van der Waals surface area contributed by atoms with Crippen LogP contribution in [0.1, 0.15) is 37.9 Å². The summed E-state index contributed by atoms with van der Waals surface area (Å²) in [4.78, 5) is 6.65. The molecule has 1 aliphatic carbocycles. The molecule has 1 atom stereocenters. The molecule has 0 aliphatic heterocycles. The molecule has 18 heavy (non-hydrogen) atoms. The number of nitrogens with two attached hydrogens (primary N) is 1. The van der Waals surface area contributed by atoms with E-state index in [-0.39, 0.29) is 0 Å². The summed E-state index contributed by atoms with van der Waals surface area (Å²) in [5.41, 5.74) is 6.35. The monoisotopic (exact) mass is 250 g/mol. The van der Waals surface area contributed by atoms with Crippen LogP contribution in [-0.4, -0.2) is 34.1 Å². The van der Waals surface area contributed by atoms with E-state index >= 15 is 0 Å². The van der Waals surface area contributed by atoms with Crippen LogP contribution in [-0.2, 0) is 13.6 Å². The zero-order chi connectivity index (χ0) is 13.0. The van der Waals surface area contributed by atoms with Crippen LogP contribution < -0.4 is 5.73 Å². The Bertz CT molecular complexity index is 354. The third-order valence-corrected chi connectivity index (χ3v) is 4.11. The van der Waals surface area contributed by atoms with Crippen LogP contribution >= 0.6 is 0 Å². The number of nitrogens with zero attached hydrogens (tertiary/aromatic N) is 3. The Kier molecular flexibility index (Phi) is 4.78. The van der Waals surface area contributed by atoms with E-state index in [1.807, 2.05) is 19.4 Å². The van der Waals surface area contributed by atoms with Crippen LogP contribution in [0.2, 0.25) is 0 Å². The minimum atomic E-state index is 0.315. The van der Waals surface area contributed by atoms with Gasteiger partial charge >= 0.3 is 0 Å². The summed E-state index contributed by atoms with van der Waals surface area (Å²) >= 11 is 0. The highest BCUT2D eigenvalue weighted by molar-refractivity contribution is 4.91. The Hall–Kier alpha value is -0.870. The minimum absolute atomic E-state index is 0.315. The van der Waals surface area contributed by atoms with Gasteiger partial charge in [0, 0.05) is 32.0 Å². The molecule has 1 aromatic heterocycles. The molecule has 4 heteroatoms. The van der Waals surface area contributed by atoms with Gasteiger partial charge in [-0.15, -0.1) is 0 Å². The van der Waals surface area contributed by atoms with Gasteiger partial charge in [-0.05, 0) is 25.8 Å². The van der Waals surface area contributed by atoms with Gasteiger partial charge in [-0.2, -0.15) is 0 Å². The highest BCUT2D eigenvalue weighted by Crippen LogP contribution is 2.25. The first-order chi connectivity index (χ1) is 8.66. The van der Waals surface area contributed by atoms with Gasteiger partial charge in [0.15, 0.2) is 0 Å². The summed E-state index contributed by atoms with van der Waals surface area (Å²) in [5.74, 6) is 1.83. The van der Waals surface area contributed by atoms with E-state index < -0.39 is 0 Å². The van der Waals surface area contributed by atoms with E-state index in [0.29, 0.717) is 6.04 Å². The lowest BCUT2D eigenvalue weighted by atomic mass is 9.84. The van der Waals surface area contributed by atoms with Crippen LogP contribution in [0.25, 0.3) is 0 Å². The Morgan fingerprint density at radius 1 is 1.44 bits per heavy atom. The smallest absolute Gasteiger partial charge is 0.122 e. The fraction of sp³-hybridized carbons (Fsp3) is 0.786. The standard InChI is InChI=1S/C14H26N4/c1-17(11-14-16-8-9-18(14)2)10-13(15)12-6-4-3-5-7-12/h8-9,12-13H,3-7,10-11,15H2,1-2H3. The zero-order valence-electron chi connectivity index (χ0n) is 11.7. The average Bonchev–Trinajstić information content (AvgIpc) is 2.76. The molecule has 1 aliphatic rings. The molecule has 0 aromatic carbocycles. The number of likely N-dealkylation sites (N-methyl/N-ethyl adjacent to an activating group) is 1. The topological polar surface area (TPSA) is 47.1 Å². The molecular weight excluding hydrogens is 224 g/mol. The molecule has 1 fully saturated rings. The van der Waals surface area contributed by atoms with Gasteiger partial charge in [0.2, 0.25) is 0 Å². The maximum absolute atomic E-state index is 6.35. The molecular formula is C14H26N4. The number of aryl methyl sites for hydroxylation is 1. The molecule has 1 aromatic rings. The normalized spacial score (nSPS) is 19.3. The molecule has 2 rings (SSSR count). The second-order valence-corrected chi connectivity index (χ2v) is 5.71. The first-order valence-electron chi connectivity index (χ1n) is 7.07. The lowest BCUT2D eigenvalue weighted by molar-refractivity contribution is 0.225. The Morgan fingerprint density at radius 2 is 2.17 bits per heavy atom. The van der Waals surface area contributed by atoms with E-state index in [1.165, 1.54) is 32.1 Å². The van der Waals surface area contributed by atoms with Crippen LogP contribution in [0.3, 0.4) is 0 Å². The number of hydrogen-bond donors (Lipinski definition) is 1. The van der Waals surface area contributed by atoms with Crippen LogP contribution in [0.15, 0.2) is 12.4 Å². The van der Waals surface area contributed by atoms with Gasteiger partial charge in [0.1, 0.15) is 5.82 Å². The second kappa shape index (κ2) is 6.34. The summed E-state index contributed by atoms with van der Waals surface area (Å²) in [6.45, 7) is 1.85. The molecule has 1 unspecified atom stereocenters. The number of aromatic nitrogens is 2. The van der Waals surface area contributed by atoms with Crippen LogP contribution in [0, 0.1) is 5.92 Å². The predicted octanol–water partition coefficient (Wildman–Crippen LogP) is 1.76. The van der Waals surface area contributed by atoms with Crippen molar-refractivity contribution in [3.05, 3.63) is 18.2 Å². The molecule has 2 N–H and O–H groups in total. The highest BCUT2D eigenvalue weighted by atomic mass is 15.2. The highest BCUT2D eigenvalue weighted by Gasteiger charge is 2.21. The van der Waals surface area contributed by atoms with Crippen molar-refractivity contribution in [2.24, 2.45) is 18.7 Å². The second-order valence-electron chi connectivity index (χ2n) is 5.71. The van der Waals surface area contributed by atoms with Crippen molar-refractivity contribution in [3.8, 4) is 0 Å². The zero-order valence-corrected chi connectivity index (χ0v) is 11.7. The maximum atomic E-state index is 6.35. The summed E-state index contributed by atoms with van der Waals surface area (Å²) in [6.07, 6.45) is 10.6. The molecule has 0 radical (unpaired) electrons. The molecule has 1 saturated carbocycles. The lowest BCUT2D eigenvalue weighted by Crippen LogP contribution is -2.41. The third kappa shape index (κ3) is 3.56. The van der Waals surface area contributed by atoms with Crippen molar-refractivity contribution < 1.29 is 0 Å². The Morgan fingerprint density at radius 3 is 2.78 bits per heavy atom. The average molecular weight is 250 g/mol. The van der Waals surface area contributed by atoms with Gasteiger partial charge in [-0.3, -0.25) is 4.90 Å². The van der Waals surface area contributed by atoms with E-state index in [2.05, 4.69) is 21.5 Å². The fourth-order valence-electron chi connectivity index (χ4n) is 2.93. The SMILES string of the molecule is CN(Cc1nccn1C)CC(N)C1CCCCC1. The Balaban J connectivity index is 1.79. The lowest BCUT2D eigenvalue weighted by Gasteiger charge is -2.30. The molecule has 0 saturated heterocycles. The van der Waals surface area contributed by atoms with Crippen molar-refractivity contribution in [3.63, 3.8) is 0 Å². The molecule has 0 amide bonds. The summed E-state index contributed by atoms with van der Waals surface area (Å²) in [7, 11) is 4.18. The van der Waals surface area contributed by atoms with E-state index in [4.69, 9.17) is 5.73 Å². The van der Waals surface area contributed by atoms with Crippen molar-refractivity contribution in [2.45, 2.75) is 44.7 Å². The van der Waals surface area contributed by atoms with Crippen LogP contribution in [0.5, 0.6) is 0 Å². The van der Waals surface area contributed by atoms with Gasteiger partial charge in [0.25, 0.3) is 0 Å². The maximum Gasteiger partial charge on any atom is 0.122 e. The minimum Gasteiger partial charge on any atom is -0.337 e. The molecule has 0 bridgehead atoms. The first kappa shape index (κ1) is 13.6. The summed E-state index contributed by atoms with van der Waals surface area (Å²) < 4.78 is 2.07. The van der Waals surface area contributed by atoms with Crippen molar-refractivity contribution in [1.82, 2.24) is 14.5 Å². The van der Waals surface area contributed by atoms with E-state index in [0.717, 1.165) is 24.8 Å². The molecule has 4 nitrogen and oxygen atoms in total. The van der Waals surface area contributed by atoms with E-state index in [1.54, 1.807) is 0 Å². The van der Waals surface area contributed by atoms with Gasteiger partial charge in [-0.25, -0.2) is 4.98 Å². The predicted molar refractivity (Wildman–Crippen MR) is 74.1 cm³/mol. The largest absolute Gasteiger partial charge is 0.337 e. The number of hydrogen-bond acceptors (Lipinski definition) is 3. The molecule has 1 heterocycles. The molecule has 102 valence electrons. The van der Waals surface area contributed by atoms with Crippen LogP contribution in [0.4, 0.5) is 0 Å². The summed E-state index contributed by atoms with van der Waals surface area (Å²) in [5, 5.41) is 0. The van der Waals surface area contributed by atoms with Gasteiger partial charge in [-0.1, -0.05) is 19.3 Å². The molecule has 0 spiro atoms. The van der Waals surface area contributed by atoms with E-state index in [9.17, 15) is 0 Å². The quantitative estimate of drug-likeness (QED) is 0.866. The third-order valence-electron chi connectivity index (χ3n) is 4.11. The summed E-state index contributed by atoms with van der Waals surface area (Å²) in [6, 6.07) is 0.315. The van der Waals surface area contributed by atoms with Gasteiger partial charge < -0.3 is 10.3 Å². The van der Waals surface area contributed by atoms with Crippen molar-refractivity contribution >= 4 is 0 Å². The fourth-order valence-corrected chi connectivity index (χ4v) is 2.93. The number of imidazole rings is 1. The van der Waals surface area contributed by atoms with Crippen molar-refractivity contribution in [2.75, 3.05) is 13.6 Å². The van der Waals surface area contributed by atoms with Gasteiger partial charge in [0.05, 0.1) is 6.54 Å². The number of rotatable bonds is 5. The Labute approximate surface area is 110 Å². The van der Waals surface area contributed by atoms with Crippen molar-refractivity contribution in [1.29, 1.82) is 0 Å².